The molecule has 9 heteroatoms. The highest BCUT2D eigenvalue weighted by Crippen LogP contribution is 2.28. The van der Waals surface area contributed by atoms with Crippen molar-refractivity contribution in [2.24, 2.45) is 5.92 Å². The van der Waals surface area contributed by atoms with Gasteiger partial charge in [-0.3, -0.25) is 4.68 Å². The second-order valence-corrected chi connectivity index (χ2v) is 6.41. The molecule has 0 bridgehead atoms. The van der Waals surface area contributed by atoms with Crippen molar-refractivity contribution in [2.45, 2.75) is 37.8 Å². The van der Waals surface area contributed by atoms with Crippen molar-refractivity contribution in [2.75, 3.05) is 12.4 Å². The molecule has 0 unspecified atom stereocenters. The number of nitrogens with zero attached hydrogens (tertiary/aromatic N) is 3. The first kappa shape index (κ1) is 18.3. The molecule has 1 fully saturated rings. The van der Waals surface area contributed by atoms with Crippen LogP contribution in [0.15, 0.2) is 36.5 Å². The second-order valence-electron chi connectivity index (χ2n) is 6.41. The number of urea groups is 1. The lowest BCUT2D eigenvalue weighted by Gasteiger charge is -2.18. The van der Waals surface area contributed by atoms with Crippen LogP contribution in [0.1, 0.15) is 12.1 Å². The van der Waals surface area contributed by atoms with E-state index >= 15 is 0 Å². The summed E-state index contributed by atoms with van der Waals surface area (Å²) in [5.74, 6) is -0.246. The van der Waals surface area contributed by atoms with Gasteiger partial charge in [0.1, 0.15) is 11.8 Å². The van der Waals surface area contributed by atoms with Crippen LogP contribution in [0, 0.1) is 5.92 Å². The molecule has 2 amide bonds. The van der Waals surface area contributed by atoms with E-state index in [0.717, 1.165) is 0 Å². The topological polar surface area (TPSA) is 122 Å². The third-order valence-electron chi connectivity index (χ3n) is 4.45. The van der Waals surface area contributed by atoms with Gasteiger partial charge in [0, 0.05) is 25.3 Å². The quantitative estimate of drug-likeness (QED) is 0.589. The fourth-order valence-electron chi connectivity index (χ4n) is 3.19. The zero-order valence-electron chi connectivity index (χ0n) is 14.4. The first-order chi connectivity index (χ1) is 12.6. The summed E-state index contributed by atoms with van der Waals surface area (Å²) in [7, 11) is 1.58. The Morgan fingerprint density at radius 1 is 1.31 bits per heavy atom. The number of methoxy groups -OCH3 is 1. The summed E-state index contributed by atoms with van der Waals surface area (Å²) in [5, 5.41) is 33.9. The minimum Gasteiger partial charge on any atom is -0.390 e. The van der Waals surface area contributed by atoms with E-state index in [1.54, 1.807) is 30.1 Å². The molecule has 1 aromatic heterocycles. The van der Waals surface area contributed by atoms with Crippen molar-refractivity contribution in [3.63, 3.8) is 0 Å². The fraction of sp³-hybridized carbons (Fsp3) is 0.471. The van der Waals surface area contributed by atoms with Gasteiger partial charge in [-0.2, -0.15) is 0 Å². The number of hydrogen-bond acceptors (Lipinski definition) is 6. The lowest BCUT2D eigenvalue weighted by atomic mass is 10.1. The molecule has 1 heterocycles. The Morgan fingerprint density at radius 3 is 2.81 bits per heavy atom. The minimum absolute atomic E-state index is 0.246. The highest BCUT2D eigenvalue weighted by atomic mass is 16.5. The number of anilines is 1. The standard InChI is InChI=1S/C17H23N5O4/c1-26-10-13-9-22(21-20-13)8-11-7-14(16(24)15(11)23)19-17(25)18-12-5-3-2-4-6-12/h2-6,9,11,14-16,23-24H,7-8,10H2,1H3,(H2,18,19,25)/t11-,14-,15-,16+/m1/s1. The molecule has 1 aliphatic rings. The summed E-state index contributed by atoms with van der Waals surface area (Å²) in [6.07, 6.45) is 0.186. The third-order valence-corrected chi connectivity index (χ3v) is 4.45. The molecule has 9 nitrogen and oxygen atoms in total. The molecule has 4 N–H and O–H groups in total. The van der Waals surface area contributed by atoms with E-state index in [0.29, 0.717) is 31.0 Å². The maximum absolute atomic E-state index is 12.1. The van der Waals surface area contributed by atoms with Gasteiger partial charge in [0.25, 0.3) is 0 Å². The van der Waals surface area contributed by atoms with Crippen molar-refractivity contribution in [1.82, 2.24) is 20.3 Å². The summed E-state index contributed by atoms with van der Waals surface area (Å²) in [4.78, 5) is 12.1. The normalized spacial score (nSPS) is 25.2. The average molecular weight is 361 g/mol. The molecule has 0 radical (unpaired) electrons. The van der Waals surface area contributed by atoms with Crippen LogP contribution in [0.2, 0.25) is 0 Å². The first-order valence-electron chi connectivity index (χ1n) is 8.43. The van der Waals surface area contributed by atoms with Crippen LogP contribution in [0.4, 0.5) is 10.5 Å². The maximum Gasteiger partial charge on any atom is 0.319 e. The number of benzene rings is 1. The molecule has 1 aliphatic carbocycles. The number of nitrogens with one attached hydrogen (secondary N) is 2. The average Bonchev–Trinajstić information content (AvgIpc) is 3.17. The molecule has 140 valence electrons. The Labute approximate surface area is 151 Å². The molecule has 1 saturated carbocycles. The van der Waals surface area contributed by atoms with Crippen molar-refractivity contribution in [3.05, 3.63) is 42.2 Å². The Bertz CT molecular complexity index is 723. The largest absolute Gasteiger partial charge is 0.390 e. The Hall–Kier alpha value is -2.49. The SMILES string of the molecule is COCc1cn(C[C@H]2C[C@@H](NC(=O)Nc3ccccc3)[C@H](O)[C@@H]2O)nn1. The van der Waals surface area contributed by atoms with E-state index in [4.69, 9.17) is 4.74 Å². The maximum atomic E-state index is 12.1. The number of hydrogen-bond donors (Lipinski definition) is 4. The zero-order valence-corrected chi connectivity index (χ0v) is 14.4. The molecule has 3 rings (SSSR count). The first-order valence-corrected chi connectivity index (χ1v) is 8.43. The van der Waals surface area contributed by atoms with Crippen LogP contribution in [0.3, 0.4) is 0 Å². The van der Waals surface area contributed by atoms with Gasteiger partial charge in [-0.05, 0) is 18.6 Å². The van der Waals surface area contributed by atoms with E-state index < -0.39 is 24.3 Å². The van der Waals surface area contributed by atoms with Gasteiger partial charge < -0.3 is 25.6 Å². The van der Waals surface area contributed by atoms with Crippen LogP contribution in [0.5, 0.6) is 0 Å². The summed E-state index contributed by atoms with van der Waals surface area (Å²) in [6, 6.07) is 8.06. The molecular weight excluding hydrogens is 338 g/mol. The molecule has 4 atom stereocenters. The van der Waals surface area contributed by atoms with Gasteiger partial charge in [0.2, 0.25) is 0 Å². The van der Waals surface area contributed by atoms with E-state index in [1.807, 2.05) is 18.2 Å². The predicted octanol–water partition coefficient (Wildman–Crippen LogP) is 0.356. The van der Waals surface area contributed by atoms with Gasteiger partial charge in [-0.1, -0.05) is 23.4 Å². The molecular formula is C17H23N5O4. The lowest BCUT2D eigenvalue weighted by Crippen LogP contribution is -2.44. The van der Waals surface area contributed by atoms with Gasteiger partial charge in [-0.15, -0.1) is 5.10 Å². The van der Waals surface area contributed by atoms with E-state index in [1.165, 1.54) is 0 Å². The summed E-state index contributed by atoms with van der Waals surface area (Å²) >= 11 is 0. The predicted molar refractivity (Wildman–Crippen MR) is 93.2 cm³/mol. The number of rotatable bonds is 6. The van der Waals surface area contributed by atoms with E-state index in [9.17, 15) is 15.0 Å². The van der Waals surface area contributed by atoms with Gasteiger partial charge >= 0.3 is 6.03 Å². The van der Waals surface area contributed by atoms with Gasteiger partial charge in [0.05, 0.1) is 24.9 Å². The number of ether oxygens (including phenoxy) is 1. The number of para-hydroxylation sites is 1. The number of amides is 2. The third kappa shape index (κ3) is 4.37. The van der Waals surface area contributed by atoms with Crippen LogP contribution in [-0.4, -0.2) is 56.6 Å². The number of aromatic nitrogens is 3. The fourth-order valence-corrected chi connectivity index (χ4v) is 3.19. The van der Waals surface area contributed by atoms with Crippen LogP contribution in [-0.2, 0) is 17.9 Å². The summed E-state index contributed by atoms with van der Waals surface area (Å²) < 4.78 is 6.61. The smallest absolute Gasteiger partial charge is 0.319 e. The van der Waals surface area contributed by atoms with Crippen LogP contribution < -0.4 is 10.6 Å². The molecule has 26 heavy (non-hydrogen) atoms. The molecule has 2 aromatic rings. The van der Waals surface area contributed by atoms with Crippen molar-refractivity contribution >= 4 is 11.7 Å². The Balaban J connectivity index is 1.55. The van der Waals surface area contributed by atoms with Gasteiger partial charge in [0.15, 0.2) is 0 Å². The molecule has 0 aliphatic heterocycles. The molecule has 1 aromatic carbocycles. The van der Waals surface area contributed by atoms with Crippen LogP contribution >= 0.6 is 0 Å². The second kappa shape index (κ2) is 8.26. The summed E-state index contributed by atoms with van der Waals surface area (Å²) in [6.45, 7) is 0.757. The zero-order chi connectivity index (χ0) is 18.5. The highest BCUT2D eigenvalue weighted by Gasteiger charge is 2.42. The number of carbonyl (C=O) groups is 1. The van der Waals surface area contributed by atoms with Crippen molar-refractivity contribution in [3.8, 4) is 0 Å². The Kier molecular flexibility index (Phi) is 5.82. The van der Waals surface area contributed by atoms with Crippen LogP contribution in [0.25, 0.3) is 0 Å². The number of aliphatic hydroxyl groups is 2. The van der Waals surface area contributed by atoms with E-state index in [-0.39, 0.29) is 5.92 Å². The van der Waals surface area contributed by atoms with Crippen molar-refractivity contribution in [1.29, 1.82) is 0 Å². The van der Waals surface area contributed by atoms with E-state index in [2.05, 4.69) is 20.9 Å². The van der Waals surface area contributed by atoms with Gasteiger partial charge in [-0.25, -0.2) is 4.79 Å². The highest BCUT2D eigenvalue weighted by molar-refractivity contribution is 5.89. The Morgan fingerprint density at radius 2 is 2.08 bits per heavy atom. The van der Waals surface area contributed by atoms with Crippen molar-refractivity contribution < 1.29 is 19.7 Å². The monoisotopic (exact) mass is 361 g/mol. The minimum atomic E-state index is -1.04. The number of carbonyl (C=O) groups excluding carboxylic acids is 1. The lowest BCUT2D eigenvalue weighted by molar-refractivity contribution is 0.00877. The number of aliphatic hydroxyl groups excluding tert-OH is 2. The molecule has 0 spiro atoms. The molecule has 0 saturated heterocycles. The summed E-state index contributed by atoms with van der Waals surface area (Å²) in [5.41, 5.74) is 1.35.